The number of para-hydroxylation sites is 1. The summed E-state index contributed by atoms with van der Waals surface area (Å²) in [5, 5.41) is 7.90. The molecule has 0 atom stereocenters. The van der Waals surface area contributed by atoms with Crippen LogP contribution < -0.4 is 4.90 Å². The number of hydrogen-bond donors (Lipinski definition) is 0. The second-order valence-electron chi connectivity index (χ2n) is 16.0. The van der Waals surface area contributed by atoms with E-state index in [2.05, 4.69) is 228 Å². The van der Waals surface area contributed by atoms with Crippen LogP contribution in [-0.4, -0.2) is 4.57 Å². The Balaban J connectivity index is 0.960. The molecule has 0 saturated heterocycles. The molecule has 0 radical (unpaired) electrons. The zero-order valence-corrected chi connectivity index (χ0v) is 32.2. The lowest BCUT2D eigenvalue weighted by atomic mass is 9.49. The first-order chi connectivity index (χ1) is 29.3. The molecule has 13 rings (SSSR count). The van der Waals surface area contributed by atoms with Crippen molar-refractivity contribution in [3.8, 4) is 27.9 Å². The molecule has 0 fully saturated rings. The Morgan fingerprint density at radius 3 is 1.58 bits per heavy atom. The van der Waals surface area contributed by atoms with Gasteiger partial charge in [-0.3, -0.25) is 0 Å². The van der Waals surface area contributed by atoms with Crippen LogP contribution in [0.5, 0.6) is 0 Å². The molecule has 0 unspecified atom stereocenters. The van der Waals surface area contributed by atoms with Crippen molar-refractivity contribution in [1.29, 1.82) is 0 Å². The van der Waals surface area contributed by atoms with E-state index in [1.807, 2.05) is 0 Å². The van der Waals surface area contributed by atoms with Gasteiger partial charge >= 0.3 is 0 Å². The number of benzene rings is 10. The summed E-state index contributed by atoms with van der Waals surface area (Å²) in [5.74, 6) is 0. The highest BCUT2D eigenvalue weighted by atomic mass is 15.1. The van der Waals surface area contributed by atoms with Gasteiger partial charge in [0.2, 0.25) is 0 Å². The Morgan fingerprint density at radius 2 is 0.864 bits per heavy atom. The fourth-order valence-electron chi connectivity index (χ4n) is 10.6. The zero-order chi connectivity index (χ0) is 38.7. The number of anilines is 3. The summed E-state index contributed by atoms with van der Waals surface area (Å²) >= 11 is 0. The predicted molar refractivity (Wildman–Crippen MR) is 247 cm³/mol. The van der Waals surface area contributed by atoms with E-state index in [-0.39, 0.29) is 5.41 Å². The minimum absolute atomic E-state index is 0.155. The van der Waals surface area contributed by atoms with E-state index >= 15 is 0 Å². The van der Waals surface area contributed by atoms with Crippen molar-refractivity contribution in [3.63, 3.8) is 0 Å². The van der Waals surface area contributed by atoms with Crippen LogP contribution in [0.4, 0.5) is 17.1 Å². The van der Waals surface area contributed by atoms with Crippen LogP contribution in [0.15, 0.2) is 218 Å². The van der Waals surface area contributed by atoms with Gasteiger partial charge in [0.15, 0.2) is 0 Å². The van der Waals surface area contributed by atoms with E-state index in [9.17, 15) is 0 Å². The van der Waals surface area contributed by atoms with Gasteiger partial charge in [-0.1, -0.05) is 158 Å². The van der Waals surface area contributed by atoms with E-state index in [1.54, 1.807) is 0 Å². The largest absolute Gasteiger partial charge is 0.310 e. The zero-order valence-electron chi connectivity index (χ0n) is 32.2. The van der Waals surface area contributed by atoms with Crippen molar-refractivity contribution in [3.05, 3.63) is 241 Å². The van der Waals surface area contributed by atoms with Crippen molar-refractivity contribution in [2.75, 3.05) is 4.90 Å². The highest BCUT2D eigenvalue weighted by Gasteiger charge is 2.54. The fraction of sp³-hybridized carbons (Fsp3) is 0.0175. The smallest absolute Gasteiger partial charge is 0.0726 e. The molecule has 2 heteroatoms. The summed E-state index contributed by atoms with van der Waals surface area (Å²) < 4.78 is 2.41. The quantitative estimate of drug-likeness (QED) is 0.164. The second kappa shape index (κ2) is 12.2. The average Bonchev–Trinajstić information content (AvgIpc) is 3.63. The van der Waals surface area contributed by atoms with Crippen LogP contribution in [0, 0.1) is 0 Å². The van der Waals surface area contributed by atoms with Crippen LogP contribution >= 0.6 is 0 Å². The maximum Gasteiger partial charge on any atom is 0.0726 e. The Kier molecular flexibility index (Phi) is 6.68. The molecule has 11 aromatic rings. The lowest BCUT2D eigenvalue weighted by Gasteiger charge is -2.52. The standard InChI is InChI=1S/C57H36N2/c1-3-12-37(13-4-1)39-24-27-42(28-25-39)58(53-35-33-51-56-46(53)19-11-22-50(56)57(51)48-20-9-16-40-17-10-21-49(57)55(40)48)43-29-31-44(32-30-43)59-52-23-8-7-18-45(52)47-36-41(26-34-54(47)59)38-14-5-2-6-15-38/h1-36H. The molecule has 1 aromatic heterocycles. The van der Waals surface area contributed by atoms with Crippen molar-refractivity contribution in [2.24, 2.45) is 0 Å². The summed E-state index contributed by atoms with van der Waals surface area (Å²) in [6.45, 7) is 0. The van der Waals surface area contributed by atoms with Crippen LogP contribution in [0.2, 0.25) is 0 Å². The van der Waals surface area contributed by atoms with Crippen molar-refractivity contribution >= 4 is 60.4 Å². The van der Waals surface area contributed by atoms with Crippen molar-refractivity contribution < 1.29 is 0 Å². The third kappa shape index (κ3) is 4.40. The Labute approximate surface area is 342 Å². The molecule has 1 spiro atoms. The van der Waals surface area contributed by atoms with Gasteiger partial charge in [0.25, 0.3) is 0 Å². The van der Waals surface area contributed by atoms with Gasteiger partial charge in [-0.2, -0.15) is 0 Å². The highest BCUT2D eigenvalue weighted by Crippen LogP contribution is 2.65. The van der Waals surface area contributed by atoms with Gasteiger partial charge in [-0.15, -0.1) is 0 Å². The van der Waals surface area contributed by atoms with E-state index in [1.165, 1.54) is 93.5 Å². The number of hydrogen-bond acceptors (Lipinski definition) is 1. The molecule has 1 heterocycles. The second-order valence-corrected chi connectivity index (χ2v) is 16.0. The maximum absolute atomic E-state index is 2.44. The maximum atomic E-state index is 2.44. The lowest BCUT2D eigenvalue weighted by molar-refractivity contribution is 0.701. The molecule has 0 N–H and O–H groups in total. The van der Waals surface area contributed by atoms with Crippen molar-refractivity contribution in [2.45, 2.75) is 5.41 Å². The fourth-order valence-corrected chi connectivity index (χ4v) is 10.6. The van der Waals surface area contributed by atoms with E-state index < -0.39 is 0 Å². The molecule has 0 bridgehead atoms. The summed E-state index contributed by atoms with van der Waals surface area (Å²) in [5.41, 5.74) is 17.4. The normalized spacial score (nSPS) is 13.2. The summed E-state index contributed by atoms with van der Waals surface area (Å²) in [4.78, 5) is 2.44. The Morgan fingerprint density at radius 1 is 0.339 bits per heavy atom. The summed E-state index contributed by atoms with van der Waals surface area (Å²) in [6.07, 6.45) is 0. The third-order valence-electron chi connectivity index (χ3n) is 13.2. The first-order valence-corrected chi connectivity index (χ1v) is 20.5. The molecular formula is C57H36N2. The molecule has 2 nitrogen and oxygen atoms in total. The molecule has 274 valence electrons. The minimum atomic E-state index is -0.155. The third-order valence-corrected chi connectivity index (χ3v) is 13.2. The molecule has 2 aliphatic rings. The van der Waals surface area contributed by atoms with E-state index in [0.717, 1.165) is 17.1 Å². The molecule has 0 aliphatic heterocycles. The minimum Gasteiger partial charge on any atom is -0.310 e. The van der Waals surface area contributed by atoms with Crippen LogP contribution in [-0.2, 0) is 5.41 Å². The topological polar surface area (TPSA) is 8.17 Å². The van der Waals surface area contributed by atoms with Gasteiger partial charge in [0.05, 0.1) is 22.1 Å². The number of rotatable bonds is 6. The summed E-state index contributed by atoms with van der Waals surface area (Å²) in [6, 6.07) is 80.5. The first kappa shape index (κ1) is 32.4. The number of fused-ring (bicyclic) bond motifs is 7. The molecule has 59 heavy (non-hydrogen) atoms. The van der Waals surface area contributed by atoms with Crippen LogP contribution in [0.3, 0.4) is 0 Å². The SMILES string of the molecule is c1ccc(-c2ccc(N(c3ccc(-n4c5ccccc5c5cc(-c6ccccc6)ccc54)cc3)c3ccc4c5c(cccc35)C43c4cccc5cccc3c45)cc2)cc1. The molecule has 2 aliphatic carbocycles. The Bertz CT molecular complexity index is 3420. The highest BCUT2D eigenvalue weighted by molar-refractivity contribution is 6.14. The van der Waals surface area contributed by atoms with E-state index in [0.29, 0.717) is 0 Å². The van der Waals surface area contributed by atoms with Crippen LogP contribution in [0.25, 0.3) is 71.3 Å². The number of aromatic nitrogens is 1. The van der Waals surface area contributed by atoms with Gasteiger partial charge in [0.1, 0.15) is 0 Å². The predicted octanol–water partition coefficient (Wildman–Crippen LogP) is 14.9. The van der Waals surface area contributed by atoms with Gasteiger partial charge in [0, 0.05) is 33.2 Å². The molecule has 10 aromatic carbocycles. The van der Waals surface area contributed by atoms with Gasteiger partial charge in [-0.05, 0) is 121 Å². The molecular weight excluding hydrogens is 713 g/mol. The number of nitrogens with zero attached hydrogens (tertiary/aromatic N) is 2. The van der Waals surface area contributed by atoms with Gasteiger partial charge in [-0.25, -0.2) is 0 Å². The molecule has 0 amide bonds. The average molecular weight is 749 g/mol. The monoisotopic (exact) mass is 748 g/mol. The van der Waals surface area contributed by atoms with Gasteiger partial charge < -0.3 is 9.47 Å². The summed E-state index contributed by atoms with van der Waals surface area (Å²) in [7, 11) is 0. The van der Waals surface area contributed by atoms with Crippen molar-refractivity contribution in [1.82, 2.24) is 4.57 Å². The van der Waals surface area contributed by atoms with E-state index in [4.69, 9.17) is 0 Å². The van der Waals surface area contributed by atoms with Crippen LogP contribution in [0.1, 0.15) is 22.3 Å². The Hall–Kier alpha value is -7.68. The first-order valence-electron chi connectivity index (χ1n) is 20.5. The lowest BCUT2D eigenvalue weighted by Crippen LogP contribution is -2.43. The molecule has 0 saturated carbocycles.